The summed E-state index contributed by atoms with van der Waals surface area (Å²) in [4.78, 5) is 29.2. The first-order chi connectivity index (χ1) is 20.8. The minimum atomic E-state index is -4.37. The Hall–Kier alpha value is -4.57. The highest BCUT2D eigenvalue weighted by Crippen LogP contribution is 2.25. The molecule has 0 heterocycles. The Bertz CT molecular complexity index is 1680. The van der Waals surface area contributed by atoms with Gasteiger partial charge in [0.15, 0.2) is 0 Å². The zero-order valence-electron chi connectivity index (χ0n) is 24.8. The summed E-state index contributed by atoms with van der Waals surface area (Å²) in [6, 6.07) is 26.2. The van der Waals surface area contributed by atoms with Crippen molar-refractivity contribution in [2.24, 2.45) is 0 Å². The number of carbonyl (C=O) groups excluding carboxylic acids is 2. The SMILES string of the molecule is CC(C)(C)NC(=O)[C@H](Cc1ccccc1)N(Cc1ccccc1F)C(=O)CN(c1ccccc1)S(=O)(=O)c1ccc(F)cc1. The van der Waals surface area contributed by atoms with Crippen molar-refractivity contribution in [1.29, 1.82) is 0 Å². The molecule has 1 N–H and O–H groups in total. The molecule has 0 aromatic heterocycles. The Labute approximate surface area is 257 Å². The fraction of sp³-hybridized carbons (Fsp3) is 0.235. The summed E-state index contributed by atoms with van der Waals surface area (Å²) in [5, 5.41) is 2.93. The Morgan fingerprint density at radius 1 is 0.795 bits per heavy atom. The molecule has 0 fully saturated rings. The third kappa shape index (κ3) is 8.29. The van der Waals surface area contributed by atoms with Crippen LogP contribution in [0, 0.1) is 11.6 Å². The van der Waals surface area contributed by atoms with Crippen molar-refractivity contribution in [3.63, 3.8) is 0 Å². The molecular weight excluding hydrogens is 584 g/mol. The Morgan fingerprint density at radius 2 is 1.36 bits per heavy atom. The van der Waals surface area contributed by atoms with Crippen LogP contribution in [-0.2, 0) is 32.6 Å². The van der Waals surface area contributed by atoms with Gasteiger partial charge in [-0.3, -0.25) is 13.9 Å². The molecule has 0 saturated heterocycles. The molecule has 0 bridgehead atoms. The van der Waals surface area contributed by atoms with Crippen LogP contribution in [-0.4, -0.2) is 43.3 Å². The minimum absolute atomic E-state index is 0.0962. The first kappa shape index (κ1) is 32.3. The van der Waals surface area contributed by atoms with Crippen LogP contribution in [0.2, 0.25) is 0 Å². The lowest BCUT2D eigenvalue weighted by Crippen LogP contribution is -2.56. The molecule has 1 atom stereocenters. The average molecular weight is 620 g/mol. The number of hydrogen-bond donors (Lipinski definition) is 1. The number of para-hydroxylation sites is 1. The van der Waals surface area contributed by atoms with Crippen LogP contribution in [0.15, 0.2) is 114 Å². The molecule has 0 saturated carbocycles. The van der Waals surface area contributed by atoms with Gasteiger partial charge in [-0.1, -0.05) is 66.7 Å². The topological polar surface area (TPSA) is 86.8 Å². The van der Waals surface area contributed by atoms with Gasteiger partial charge in [0.25, 0.3) is 10.0 Å². The highest BCUT2D eigenvalue weighted by Gasteiger charge is 2.36. The molecule has 10 heteroatoms. The summed E-state index contributed by atoms with van der Waals surface area (Å²) < 4.78 is 57.3. The molecule has 0 radical (unpaired) electrons. The smallest absolute Gasteiger partial charge is 0.264 e. The van der Waals surface area contributed by atoms with Crippen LogP contribution in [0.4, 0.5) is 14.5 Å². The number of nitrogens with one attached hydrogen (secondary N) is 1. The van der Waals surface area contributed by atoms with Gasteiger partial charge >= 0.3 is 0 Å². The van der Waals surface area contributed by atoms with E-state index in [0.717, 1.165) is 34.1 Å². The number of rotatable bonds is 11. The van der Waals surface area contributed by atoms with Gasteiger partial charge in [0.2, 0.25) is 11.8 Å². The third-order valence-corrected chi connectivity index (χ3v) is 8.58. The van der Waals surface area contributed by atoms with E-state index in [0.29, 0.717) is 0 Å². The van der Waals surface area contributed by atoms with E-state index >= 15 is 0 Å². The largest absolute Gasteiger partial charge is 0.350 e. The highest BCUT2D eigenvalue weighted by molar-refractivity contribution is 7.92. The highest BCUT2D eigenvalue weighted by atomic mass is 32.2. The molecule has 7 nitrogen and oxygen atoms in total. The molecular formula is C34H35F2N3O4S. The Kier molecular flexibility index (Phi) is 10.2. The summed E-state index contributed by atoms with van der Waals surface area (Å²) in [5.74, 6) is -2.39. The van der Waals surface area contributed by atoms with Gasteiger partial charge in [-0.25, -0.2) is 17.2 Å². The predicted molar refractivity (Wildman–Crippen MR) is 166 cm³/mol. The van der Waals surface area contributed by atoms with Crippen molar-refractivity contribution in [2.45, 2.75) is 50.2 Å². The number of sulfonamides is 1. The van der Waals surface area contributed by atoms with Gasteiger partial charge in [-0.05, 0) is 68.8 Å². The van der Waals surface area contributed by atoms with Crippen molar-refractivity contribution in [1.82, 2.24) is 10.2 Å². The van der Waals surface area contributed by atoms with Gasteiger partial charge in [-0.15, -0.1) is 0 Å². The maximum absolute atomic E-state index is 15.0. The first-order valence-corrected chi connectivity index (χ1v) is 15.5. The van der Waals surface area contributed by atoms with Crippen LogP contribution < -0.4 is 9.62 Å². The summed E-state index contributed by atoms with van der Waals surface area (Å²) in [7, 11) is -4.37. The summed E-state index contributed by atoms with van der Waals surface area (Å²) >= 11 is 0. The van der Waals surface area contributed by atoms with E-state index in [9.17, 15) is 26.8 Å². The van der Waals surface area contributed by atoms with Gasteiger partial charge < -0.3 is 10.2 Å². The first-order valence-electron chi connectivity index (χ1n) is 14.1. The van der Waals surface area contributed by atoms with Crippen LogP contribution >= 0.6 is 0 Å². The normalized spacial score (nSPS) is 12.3. The van der Waals surface area contributed by atoms with Crippen molar-refractivity contribution in [2.75, 3.05) is 10.8 Å². The van der Waals surface area contributed by atoms with Crippen molar-refractivity contribution < 1.29 is 26.8 Å². The number of benzene rings is 4. The second kappa shape index (κ2) is 13.8. The van der Waals surface area contributed by atoms with Gasteiger partial charge in [0.05, 0.1) is 10.6 Å². The van der Waals surface area contributed by atoms with E-state index < -0.39 is 51.6 Å². The fourth-order valence-corrected chi connectivity index (χ4v) is 6.09. The molecule has 0 unspecified atom stereocenters. The number of nitrogens with zero attached hydrogens (tertiary/aromatic N) is 2. The quantitative estimate of drug-likeness (QED) is 0.233. The second-order valence-electron chi connectivity index (χ2n) is 11.4. The minimum Gasteiger partial charge on any atom is -0.350 e. The van der Waals surface area contributed by atoms with E-state index in [4.69, 9.17) is 0 Å². The molecule has 0 aliphatic rings. The van der Waals surface area contributed by atoms with Crippen LogP contribution in [0.3, 0.4) is 0 Å². The van der Waals surface area contributed by atoms with Crippen LogP contribution in [0.1, 0.15) is 31.9 Å². The molecule has 4 rings (SSSR count). The molecule has 0 aliphatic carbocycles. The van der Waals surface area contributed by atoms with E-state index in [1.165, 1.54) is 35.2 Å². The lowest BCUT2D eigenvalue weighted by Gasteiger charge is -2.35. The molecule has 4 aromatic rings. The number of anilines is 1. The zero-order valence-corrected chi connectivity index (χ0v) is 25.6. The number of hydrogen-bond acceptors (Lipinski definition) is 4. The van der Waals surface area contributed by atoms with Crippen molar-refractivity contribution in [3.8, 4) is 0 Å². The van der Waals surface area contributed by atoms with E-state index in [2.05, 4.69) is 5.32 Å². The molecule has 0 aliphatic heterocycles. The van der Waals surface area contributed by atoms with E-state index in [1.54, 1.807) is 45.0 Å². The summed E-state index contributed by atoms with van der Waals surface area (Å²) in [5.41, 5.74) is 0.456. The predicted octanol–water partition coefficient (Wildman–Crippen LogP) is 5.71. The van der Waals surface area contributed by atoms with E-state index in [-0.39, 0.29) is 29.1 Å². The molecule has 2 amide bonds. The summed E-state index contributed by atoms with van der Waals surface area (Å²) in [6.07, 6.45) is 0.0962. The van der Waals surface area contributed by atoms with Crippen LogP contribution in [0.25, 0.3) is 0 Å². The summed E-state index contributed by atoms with van der Waals surface area (Å²) in [6.45, 7) is 4.42. The zero-order chi connectivity index (χ0) is 31.9. The number of carbonyl (C=O) groups is 2. The lowest BCUT2D eigenvalue weighted by atomic mass is 10.0. The van der Waals surface area contributed by atoms with Crippen LogP contribution in [0.5, 0.6) is 0 Å². The van der Waals surface area contributed by atoms with E-state index in [1.807, 2.05) is 30.3 Å². The maximum atomic E-state index is 15.0. The fourth-order valence-electron chi connectivity index (χ4n) is 4.67. The average Bonchev–Trinajstić information content (AvgIpc) is 2.98. The third-order valence-electron chi connectivity index (χ3n) is 6.79. The molecule has 230 valence electrons. The van der Waals surface area contributed by atoms with Gasteiger partial charge in [0, 0.05) is 24.1 Å². The van der Waals surface area contributed by atoms with Crippen molar-refractivity contribution in [3.05, 3.63) is 132 Å². The number of halogens is 2. The molecule has 4 aromatic carbocycles. The Balaban J connectivity index is 1.81. The van der Waals surface area contributed by atoms with Gasteiger partial charge in [0.1, 0.15) is 24.2 Å². The standard InChI is InChI=1S/C34H35F2N3O4S/c1-34(2,3)37-33(41)31(22-25-12-6-4-7-13-25)38(23-26-14-10-11-17-30(26)36)32(40)24-39(28-15-8-5-9-16-28)44(42,43)29-20-18-27(35)19-21-29/h4-21,31H,22-24H2,1-3H3,(H,37,41)/t31-/m0/s1. The van der Waals surface area contributed by atoms with Crippen molar-refractivity contribution >= 4 is 27.5 Å². The second-order valence-corrected chi connectivity index (χ2v) is 13.2. The lowest BCUT2D eigenvalue weighted by molar-refractivity contribution is -0.140. The number of amides is 2. The molecule has 0 spiro atoms. The Morgan fingerprint density at radius 3 is 1.95 bits per heavy atom. The molecule has 44 heavy (non-hydrogen) atoms. The maximum Gasteiger partial charge on any atom is 0.264 e. The van der Waals surface area contributed by atoms with Gasteiger partial charge in [-0.2, -0.15) is 0 Å². The monoisotopic (exact) mass is 619 g/mol.